The first-order valence-corrected chi connectivity index (χ1v) is 9.19. The van der Waals surface area contributed by atoms with Crippen molar-refractivity contribution in [2.24, 2.45) is 0 Å². The molecule has 1 aromatic heterocycles. The van der Waals surface area contributed by atoms with Gasteiger partial charge < -0.3 is 4.90 Å². The second kappa shape index (κ2) is 7.56. The number of aromatic nitrogens is 2. The molecule has 0 radical (unpaired) electrons. The number of anilines is 1. The molecule has 0 saturated carbocycles. The van der Waals surface area contributed by atoms with Gasteiger partial charge in [0, 0.05) is 37.7 Å². The van der Waals surface area contributed by atoms with Crippen LogP contribution in [0.2, 0.25) is 5.02 Å². The largest absolute Gasteiger partial charge is 0.355 e. The first-order chi connectivity index (χ1) is 12.7. The van der Waals surface area contributed by atoms with Gasteiger partial charge in [0.1, 0.15) is 18.0 Å². The second-order valence-corrected chi connectivity index (χ2v) is 7.01. The molecule has 1 aliphatic rings. The lowest BCUT2D eigenvalue weighted by Gasteiger charge is -2.23. The van der Waals surface area contributed by atoms with Gasteiger partial charge in [-0.3, -0.25) is 4.90 Å². The third-order valence-electron chi connectivity index (χ3n) is 4.80. The molecule has 2 heterocycles. The van der Waals surface area contributed by atoms with E-state index in [1.165, 1.54) is 18.0 Å². The highest BCUT2D eigenvalue weighted by Crippen LogP contribution is 2.26. The molecular weight excluding hydrogens is 351 g/mol. The topological polar surface area (TPSA) is 32.3 Å². The number of fused-ring (bicyclic) bond motifs is 1. The number of halogens is 2. The van der Waals surface area contributed by atoms with E-state index in [-0.39, 0.29) is 5.82 Å². The fraction of sp³-hybridized carbons (Fsp3) is 0.300. The minimum absolute atomic E-state index is 0.264. The standard InChI is InChI=1S/C20H20ClFN4/c21-16-7-5-15(6-8-16)13-25-9-2-10-26(12-11-25)20-19-17(22)3-1-4-18(19)23-14-24-20/h1,3-8,14H,2,9-13H2. The van der Waals surface area contributed by atoms with Crippen molar-refractivity contribution in [2.75, 3.05) is 31.1 Å². The van der Waals surface area contributed by atoms with Crippen LogP contribution in [0.4, 0.5) is 10.2 Å². The molecule has 0 aliphatic carbocycles. The molecule has 0 bridgehead atoms. The van der Waals surface area contributed by atoms with Crippen LogP contribution in [0, 0.1) is 5.82 Å². The lowest BCUT2D eigenvalue weighted by atomic mass is 10.2. The molecule has 4 rings (SSSR count). The summed E-state index contributed by atoms with van der Waals surface area (Å²) in [6, 6.07) is 13.0. The predicted octanol–water partition coefficient (Wildman–Crippen LogP) is 4.13. The highest BCUT2D eigenvalue weighted by Gasteiger charge is 2.19. The lowest BCUT2D eigenvalue weighted by Crippen LogP contribution is -2.31. The molecule has 0 spiro atoms. The Morgan fingerprint density at radius 2 is 1.81 bits per heavy atom. The van der Waals surface area contributed by atoms with E-state index in [2.05, 4.69) is 31.9 Å². The Morgan fingerprint density at radius 3 is 2.65 bits per heavy atom. The van der Waals surface area contributed by atoms with Crippen molar-refractivity contribution in [1.29, 1.82) is 0 Å². The van der Waals surface area contributed by atoms with Crippen LogP contribution < -0.4 is 4.90 Å². The van der Waals surface area contributed by atoms with Gasteiger partial charge in [0.05, 0.1) is 10.9 Å². The van der Waals surface area contributed by atoms with E-state index in [0.717, 1.165) is 44.2 Å². The fourth-order valence-electron chi connectivity index (χ4n) is 3.48. The number of benzene rings is 2. The maximum absolute atomic E-state index is 14.4. The fourth-order valence-corrected chi connectivity index (χ4v) is 3.61. The van der Waals surface area contributed by atoms with Gasteiger partial charge in [0.25, 0.3) is 0 Å². The van der Waals surface area contributed by atoms with Crippen molar-refractivity contribution in [3.63, 3.8) is 0 Å². The summed E-state index contributed by atoms with van der Waals surface area (Å²) < 4.78 is 14.4. The molecule has 4 nitrogen and oxygen atoms in total. The summed E-state index contributed by atoms with van der Waals surface area (Å²) in [7, 11) is 0. The maximum Gasteiger partial charge on any atom is 0.142 e. The van der Waals surface area contributed by atoms with E-state index in [9.17, 15) is 4.39 Å². The molecule has 1 saturated heterocycles. The molecule has 0 unspecified atom stereocenters. The van der Waals surface area contributed by atoms with Gasteiger partial charge in [0.15, 0.2) is 0 Å². The van der Waals surface area contributed by atoms with Crippen LogP contribution in [0.15, 0.2) is 48.8 Å². The molecule has 0 amide bonds. The van der Waals surface area contributed by atoms with Crippen LogP contribution in [-0.2, 0) is 6.54 Å². The molecule has 1 fully saturated rings. The average Bonchev–Trinajstić information content (AvgIpc) is 2.89. The Hall–Kier alpha value is -2.24. The van der Waals surface area contributed by atoms with Crippen molar-refractivity contribution >= 4 is 28.3 Å². The summed E-state index contributed by atoms with van der Waals surface area (Å²) in [5, 5.41) is 1.27. The van der Waals surface area contributed by atoms with Crippen LogP contribution in [0.5, 0.6) is 0 Å². The molecule has 26 heavy (non-hydrogen) atoms. The first kappa shape index (κ1) is 17.2. The molecule has 6 heteroatoms. The van der Waals surface area contributed by atoms with E-state index in [1.54, 1.807) is 6.07 Å². The summed E-state index contributed by atoms with van der Waals surface area (Å²) in [4.78, 5) is 13.2. The highest BCUT2D eigenvalue weighted by molar-refractivity contribution is 6.30. The average molecular weight is 371 g/mol. The zero-order chi connectivity index (χ0) is 17.9. The van der Waals surface area contributed by atoms with E-state index in [4.69, 9.17) is 11.6 Å². The molecule has 2 aromatic carbocycles. The summed E-state index contributed by atoms with van der Waals surface area (Å²) >= 11 is 5.96. The second-order valence-electron chi connectivity index (χ2n) is 6.57. The molecule has 0 atom stereocenters. The van der Waals surface area contributed by atoms with E-state index < -0.39 is 0 Å². The van der Waals surface area contributed by atoms with Crippen molar-refractivity contribution < 1.29 is 4.39 Å². The molecular formula is C20H20ClFN4. The quantitative estimate of drug-likeness (QED) is 0.693. The van der Waals surface area contributed by atoms with Crippen LogP contribution in [0.1, 0.15) is 12.0 Å². The lowest BCUT2D eigenvalue weighted by molar-refractivity contribution is 0.285. The smallest absolute Gasteiger partial charge is 0.142 e. The third kappa shape index (κ3) is 3.64. The Labute approximate surface area is 157 Å². The molecule has 1 aliphatic heterocycles. The van der Waals surface area contributed by atoms with Crippen molar-refractivity contribution in [3.8, 4) is 0 Å². The Balaban J connectivity index is 1.51. The van der Waals surface area contributed by atoms with Gasteiger partial charge in [-0.05, 0) is 36.2 Å². The number of hydrogen-bond donors (Lipinski definition) is 0. The van der Waals surface area contributed by atoms with Gasteiger partial charge in [-0.25, -0.2) is 14.4 Å². The summed E-state index contributed by atoms with van der Waals surface area (Å²) in [5.41, 5.74) is 1.90. The van der Waals surface area contributed by atoms with Crippen LogP contribution >= 0.6 is 11.6 Å². The van der Waals surface area contributed by atoms with Gasteiger partial charge in [-0.2, -0.15) is 0 Å². The normalized spacial score (nSPS) is 16.0. The summed E-state index contributed by atoms with van der Waals surface area (Å²) in [5.74, 6) is 0.432. The van der Waals surface area contributed by atoms with Crippen LogP contribution in [-0.4, -0.2) is 41.0 Å². The molecule has 134 valence electrons. The predicted molar refractivity (Wildman–Crippen MR) is 103 cm³/mol. The van der Waals surface area contributed by atoms with Gasteiger partial charge in [-0.1, -0.05) is 29.8 Å². The minimum Gasteiger partial charge on any atom is -0.355 e. The van der Waals surface area contributed by atoms with Crippen molar-refractivity contribution in [1.82, 2.24) is 14.9 Å². The van der Waals surface area contributed by atoms with Crippen molar-refractivity contribution in [3.05, 3.63) is 65.2 Å². The van der Waals surface area contributed by atoms with Crippen LogP contribution in [0.25, 0.3) is 10.9 Å². The maximum atomic E-state index is 14.4. The van der Waals surface area contributed by atoms with Gasteiger partial charge >= 0.3 is 0 Å². The van der Waals surface area contributed by atoms with Crippen molar-refractivity contribution in [2.45, 2.75) is 13.0 Å². The number of hydrogen-bond acceptors (Lipinski definition) is 4. The zero-order valence-electron chi connectivity index (χ0n) is 14.4. The molecule has 3 aromatic rings. The van der Waals surface area contributed by atoms with E-state index >= 15 is 0 Å². The Bertz CT molecular complexity index is 895. The van der Waals surface area contributed by atoms with Crippen LogP contribution in [0.3, 0.4) is 0 Å². The minimum atomic E-state index is -0.264. The van der Waals surface area contributed by atoms with Gasteiger partial charge in [0.2, 0.25) is 0 Å². The number of rotatable bonds is 3. The SMILES string of the molecule is Fc1cccc2ncnc(N3CCCN(Cc4ccc(Cl)cc4)CC3)c12. The zero-order valence-corrected chi connectivity index (χ0v) is 15.2. The Kier molecular flexibility index (Phi) is 5.00. The molecule has 0 N–H and O–H groups in total. The Morgan fingerprint density at radius 1 is 0.962 bits per heavy atom. The first-order valence-electron chi connectivity index (χ1n) is 8.82. The number of nitrogens with zero attached hydrogens (tertiary/aromatic N) is 4. The third-order valence-corrected chi connectivity index (χ3v) is 5.05. The summed E-state index contributed by atoms with van der Waals surface area (Å²) in [6.45, 7) is 4.47. The van der Waals surface area contributed by atoms with E-state index in [1.807, 2.05) is 18.2 Å². The monoisotopic (exact) mass is 370 g/mol. The summed E-state index contributed by atoms with van der Waals surface area (Å²) in [6.07, 6.45) is 2.53. The van der Waals surface area contributed by atoms with E-state index in [0.29, 0.717) is 16.7 Å². The van der Waals surface area contributed by atoms with Gasteiger partial charge in [-0.15, -0.1) is 0 Å². The highest BCUT2D eigenvalue weighted by atomic mass is 35.5.